The van der Waals surface area contributed by atoms with E-state index in [1.165, 1.54) is 43.7 Å². The van der Waals surface area contributed by atoms with Crippen molar-refractivity contribution in [3.8, 4) is 56.7 Å². The third-order valence-corrected chi connectivity index (χ3v) is 11.5. The fourth-order valence-corrected chi connectivity index (χ4v) is 8.92. The van der Waals surface area contributed by atoms with Gasteiger partial charge in [-0.1, -0.05) is 146 Å². The van der Waals surface area contributed by atoms with Crippen molar-refractivity contribution in [1.29, 1.82) is 0 Å². The number of rotatable bonds is 6. The molecule has 0 saturated carbocycles. The molecule has 0 aliphatic rings. The molecular weight excluding hydrogens is 721 g/mol. The molecule has 5 heterocycles. The lowest BCUT2D eigenvalue weighted by atomic mass is 10.0. The Kier molecular flexibility index (Phi) is 7.43. The number of nitrogens with zero attached hydrogens (tertiary/aromatic N) is 6. The van der Waals surface area contributed by atoms with Crippen molar-refractivity contribution in [2.75, 3.05) is 0 Å². The van der Waals surface area contributed by atoms with E-state index < -0.39 is 0 Å². The van der Waals surface area contributed by atoms with Crippen molar-refractivity contribution in [2.24, 2.45) is 0 Å². The smallest absolute Gasteiger partial charge is 0.164 e. The van der Waals surface area contributed by atoms with Crippen LogP contribution in [0, 0.1) is 0 Å². The number of aromatic nitrogens is 6. The van der Waals surface area contributed by atoms with Crippen molar-refractivity contribution >= 4 is 49.3 Å². The lowest BCUT2D eigenvalue weighted by Gasteiger charge is -2.13. The molecule has 59 heavy (non-hydrogen) atoms. The van der Waals surface area contributed by atoms with Crippen LogP contribution in [0.15, 0.2) is 206 Å². The lowest BCUT2D eigenvalue weighted by molar-refractivity contribution is 1.07. The number of benzene rings is 7. The first-order valence-corrected chi connectivity index (χ1v) is 19.9. The quantitative estimate of drug-likeness (QED) is 0.170. The predicted octanol–water partition coefficient (Wildman–Crippen LogP) is 13.0. The molecule has 0 amide bonds. The molecule has 0 saturated heterocycles. The normalized spacial score (nSPS) is 11.7. The van der Waals surface area contributed by atoms with Gasteiger partial charge >= 0.3 is 0 Å². The van der Waals surface area contributed by atoms with E-state index >= 15 is 0 Å². The van der Waals surface area contributed by atoms with Crippen LogP contribution in [-0.4, -0.2) is 28.5 Å². The summed E-state index contributed by atoms with van der Waals surface area (Å²) < 4.78 is 7.15. The van der Waals surface area contributed by atoms with Crippen molar-refractivity contribution in [3.05, 3.63) is 206 Å². The van der Waals surface area contributed by atoms with E-state index in [1.54, 1.807) is 0 Å². The molecule has 5 aromatic heterocycles. The highest BCUT2D eigenvalue weighted by molar-refractivity contribution is 6.20. The highest BCUT2D eigenvalue weighted by Crippen LogP contribution is 2.44. The highest BCUT2D eigenvalue weighted by atomic mass is 15.1. The second-order valence-corrected chi connectivity index (χ2v) is 14.9. The van der Waals surface area contributed by atoms with E-state index in [-0.39, 0.29) is 0 Å². The number of fused-ring (bicyclic) bond motifs is 8. The zero-order valence-corrected chi connectivity index (χ0v) is 31.8. The summed E-state index contributed by atoms with van der Waals surface area (Å²) in [6, 6.07) is 70.5. The predicted molar refractivity (Wildman–Crippen MR) is 241 cm³/mol. The second kappa shape index (κ2) is 13.3. The Bertz CT molecular complexity index is 3430. The van der Waals surface area contributed by atoms with Crippen LogP contribution in [0.1, 0.15) is 0 Å². The Balaban J connectivity index is 1.14. The third kappa shape index (κ3) is 5.24. The summed E-state index contributed by atoms with van der Waals surface area (Å²) in [5, 5.41) is 4.85. The van der Waals surface area contributed by atoms with Gasteiger partial charge in [0.1, 0.15) is 5.65 Å². The van der Waals surface area contributed by atoms with Gasteiger partial charge in [0.05, 0.1) is 22.1 Å². The zero-order chi connectivity index (χ0) is 38.9. The minimum atomic E-state index is 0.617. The molecule has 0 N–H and O–H groups in total. The Morgan fingerprint density at radius 2 is 0.814 bits per heavy atom. The monoisotopic (exact) mass is 754 g/mol. The summed E-state index contributed by atoms with van der Waals surface area (Å²) in [6.07, 6.45) is 2.18. The minimum Gasteiger partial charge on any atom is -0.309 e. The van der Waals surface area contributed by atoms with Crippen LogP contribution >= 0.6 is 0 Å². The van der Waals surface area contributed by atoms with Crippen molar-refractivity contribution in [1.82, 2.24) is 28.5 Å². The maximum absolute atomic E-state index is 5.09. The van der Waals surface area contributed by atoms with Gasteiger partial charge in [0.2, 0.25) is 0 Å². The molecule has 0 atom stereocenters. The number of para-hydroxylation sites is 2. The van der Waals surface area contributed by atoms with E-state index in [0.29, 0.717) is 17.5 Å². The Hall–Kier alpha value is -8.09. The number of pyridine rings is 1. The van der Waals surface area contributed by atoms with Crippen LogP contribution in [0.4, 0.5) is 0 Å². The molecule has 0 spiro atoms. The summed E-state index contributed by atoms with van der Waals surface area (Å²) in [5.74, 6) is 1.89. The van der Waals surface area contributed by atoms with Gasteiger partial charge in [-0.3, -0.25) is 4.57 Å². The summed E-state index contributed by atoms with van der Waals surface area (Å²) in [5.41, 5.74) is 13.0. The molecule has 0 bridgehead atoms. The molecule has 276 valence electrons. The summed E-state index contributed by atoms with van der Waals surface area (Å²) >= 11 is 0. The minimum absolute atomic E-state index is 0.617. The number of hydrogen-bond donors (Lipinski definition) is 0. The standard InChI is InChI=1S/C53H34N6/c1-4-17-35(18-5-1)48-47-29-14-15-32-57(47)53-49(48)43-34-40(58-44-27-12-10-25-41(44)42-26-11-13-28-45(42)58)30-31-46(43)59(53)39-24-16-23-38(33-39)52-55-50(36-19-6-2-7-20-36)54-51(56-52)37-21-8-3-9-22-37/h1-34H. The van der Waals surface area contributed by atoms with Gasteiger partial charge in [0, 0.05) is 61.4 Å². The molecule has 12 aromatic rings. The van der Waals surface area contributed by atoms with Crippen LogP contribution in [0.3, 0.4) is 0 Å². The van der Waals surface area contributed by atoms with Crippen molar-refractivity contribution in [3.63, 3.8) is 0 Å². The molecule has 0 radical (unpaired) electrons. The van der Waals surface area contributed by atoms with Crippen LogP contribution in [0.5, 0.6) is 0 Å². The molecule has 12 rings (SSSR count). The van der Waals surface area contributed by atoms with Gasteiger partial charge in [-0.25, -0.2) is 15.0 Å². The largest absolute Gasteiger partial charge is 0.309 e. The van der Waals surface area contributed by atoms with E-state index in [4.69, 9.17) is 15.0 Å². The topological polar surface area (TPSA) is 52.9 Å². The lowest BCUT2D eigenvalue weighted by Crippen LogP contribution is -2.01. The summed E-state index contributed by atoms with van der Waals surface area (Å²) in [7, 11) is 0. The van der Waals surface area contributed by atoms with Crippen LogP contribution in [-0.2, 0) is 0 Å². The molecule has 0 aliphatic heterocycles. The van der Waals surface area contributed by atoms with Gasteiger partial charge in [-0.15, -0.1) is 0 Å². The van der Waals surface area contributed by atoms with Gasteiger partial charge in [0.15, 0.2) is 17.5 Å². The summed E-state index contributed by atoms with van der Waals surface area (Å²) in [4.78, 5) is 15.1. The highest BCUT2D eigenvalue weighted by Gasteiger charge is 2.24. The van der Waals surface area contributed by atoms with E-state index in [0.717, 1.165) is 44.7 Å². The molecule has 7 aromatic carbocycles. The fourth-order valence-electron chi connectivity index (χ4n) is 8.92. The maximum Gasteiger partial charge on any atom is 0.164 e. The Labute approximate surface area is 339 Å². The van der Waals surface area contributed by atoms with Crippen LogP contribution in [0.25, 0.3) is 106 Å². The molecule has 0 aliphatic carbocycles. The average molecular weight is 755 g/mol. The van der Waals surface area contributed by atoms with Gasteiger partial charge < -0.3 is 8.97 Å². The van der Waals surface area contributed by atoms with Crippen molar-refractivity contribution in [2.45, 2.75) is 0 Å². The molecule has 0 unspecified atom stereocenters. The van der Waals surface area contributed by atoms with E-state index in [9.17, 15) is 0 Å². The SMILES string of the molecule is c1ccc(-c2nc(-c3ccccc3)nc(-c3cccc(-n4c5ccc(-n6c7ccccc7c7ccccc76)cc5c5c(-c6ccccc6)c6ccccn6c54)c3)n2)cc1. The first-order valence-electron chi connectivity index (χ1n) is 19.9. The Morgan fingerprint density at radius 1 is 0.322 bits per heavy atom. The first kappa shape index (κ1) is 33.1. The van der Waals surface area contributed by atoms with E-state index in [2.05, 4.69) is 159 Å². The zero-order valence-electron chi connectivity index (χ0n) is 31.8. The van der Waals surface area contributed by atoms with Crippen LogP contribution < -0.4 is 0 Å². The van der Waals surface area contributed by atoms with Gasteiger partial charge in [-0.2, -0.15) is 0 Å². The summed E-state index contributed by atoms with van der Waals surface area (Å²) in [6.45, 7) is 0. The van der Waals surface area contributed by atoms with Gasteiger partial charge in [-0.05, 0) is 60.2 Å². The van der Waals surface area contributed by atoms with Crippen molar-refractivity contribution < 1.29 is 0 Å². The van der Waals surface area contributed by atoms with E-state index in [1.807, 2.05) is 60.7 Å². The first-order chi connectivity index (χ1) is 29.3. The maximum atomic E-state index is 5.09. The van der Waals surface area contributed by atoms with Crippen LogP contribution in [0.2, 0.25) is 0 Å². The second-order valence-electron chi connectivity index (χ2n) is 14.9. The third-order valence-electron chi connectivity index (χ3n) is 11.5. The average Bonchev–Trinajstić information content (AvgIpc) is 3.95. The molecule has 6 nitrogen and oxygen atoms in total. The molecule has 0 fully saturated rings. The molecular formula is C53H34N6. The number of hydrogen-bond acceptors (Lipinski definition) is 3. The molecule has 6 heteroatoms. The van der Waals surface area contributed by atoms with Gasteiger partial charge in [0.25, 0.3) is 0 Å². The Morgan fingerprint density at radius 3 is 1.46 bits per heavy atom. The fraction of sp³-hybridized carbons (Fsp3) is 0.